The maximum absolute atomic E-state index is 12.6. The van der Waals surface area contributed by atoms with E-state index in [1.807, 2.05) is 5.32 Å². The van der Waals surface area contributed by atoms with Crippen LogP contribution in [0.1, 0.15) is 32.1 Å². The molecule has 0 aliphatic carbocycles. The molecule has 0 saturated heterocycles. The van der Waals surface area contributed by atoms with Crippen molar-refractivity contribution >= 4 is 41.5 Å². The van der Waals surface area contributed by atoms with Crippen molar-refractivity contribution in [3.63, 3.8) is 0 Å². The Labute approximate surface area is 200 Å². The third-order valence-electron chi connectivity index (χ3n) is 4.45. The first-order chi connectivity index (χ1) is 16.3. The summed E-state index contributed by atoms with van der Waals surface area (Å²) in [5.41, 5.74) is 26.2. The van der Waals surface area contributed by atoms with Gasteiger partial charge in [0.15, 0.2) is 5.96 Å². The van der Waals surface area contributed by atoms with Gasteiger partial charge in [-0.25, -0.2) is 4.79 Å². The molecule has 198 valence electrons. The summed E-state index contributed by atoms with van der Waals surface area (Å²) in [4.78, 5) is 74.5. The van der Waals surface area contributed by atoms with Crippen molar-refractivity contribution in [1.29, 1.82) is 0 Å². The van der Waals surface area contributed by atoms with E-state index in [1.165, 1.54) is 0 Å². The molecule has 0 aliphatic heterocycles. The Kier molecular flexibility index (Phi) is 14.0. The molecule has 0 aromatic carbocycles. The number of carboxylic acids is 1. The van der Waals surface area contributed by atoms with Crippen LogP contribution in [0.2, 0.25) is 0 Å². The second-order valence-electron chi connectivity index (χ2n) is 7.44. The van der Waals surface area contributed by atoms with Crippen LogP contribution in [0.15, 0.2) is 4.99 Å². The van der Waals surface area contributed by atoms with Crippen molar-refractivity contribution in [2.75, 3.05) is 13.2 Å². The van der Waals surface area contributed by atoms with E-state index in [2.05, 4.69) is 15.6 Å². The maximum Gasteiger partial charge on any atom is 0.326 e. The summed E-state index contributed by atoms with van der Waals surface area (Å²) >= 11 is 0. The topological polar surface area (TPSA) is 321 Å². The molecule has 0 aliphatic rings. The predicted octanol–water partition coefficient (Wildman–Crippen LogP) is -5.96. The van der Waals surface area contributed by atoms with E-state index in [-0.39, 0.29) is 31.8 Å². The minimum Gasteiger partial charge on any atom is -0.480 e. The first-order valence-corrected chi connectivity index (χ1v) is 10.4. The van der Waals surface area contributed by atoms with Crippen LogP contribution >= 0.6 is 0 Å². The highest BCUT2D eigenvalue weighted by molar-refractivity contribution is 5.95. The first kappa shape index (κ1) is 31.0. The fourth-order valence-corrected chi connectivity index (χ4v) is 2.62. The fourth-order valence-electron chi connectivity index (χ4n) is 2.62. The number of carbonyl (C=O) groups is 6. The minimum atomic E-state index is -1.70. The number of primary amides is 2. The molecule has 0 radical (unpaired) electrons. The summed E-state index contributed by atoms with van der Waals surface area (Å²) in [5.74, 6) is -6.39. The minimum absolute atomic E-state index is 0.126. The lowest BCUT2D eigenvalue weighted by molar-refractivity contribution is -0.144. The average molecular weight is 504 g/mol. The molecule has 0 aromatic heterocycles. The molecule has 4 atom stereocenters. The van der Waals surface area contributed by atoms with E-state index in [9.17, 15) is 33.9 Å². The zero-order valence-corrected chi connectivity index (χ0v) is 18.9. The monoisotopic (exact) mass is 503 g/mol. The number of nitrogens with one attached hydrogen (secondary N) is 3. The van der Waals surface area contributed by atoms with Crippen molar-refractivity contribution in [2.45, 2.75) is 56.3 Å². The molecule has 0 heterocycles. The van der Waals surface area contributed by atoms with Crippen LogP contribution in [0.25, 0.3) is 0 Å². The largest absolute Gasteiger partial charge is 0.480 e. The highest BCUT2D eigenvalue weighted by Gasteiger charge is 2.30. The maximum atomic E-state index is 12.6. The number of carbonyl (C=O) groups excluding carboxylic acids is 5. The Morgan fingerprint density at radius 3 is 1.80 bits per heavy atom. The molecular formula is C18H33N9O8. The molecule has 0 aromatic rings. The van der Waals surface area contributed by atoms with Gasteiger partial charge in [-0.05, 0) is 19.3 Å². The van der Waals surface area contributed by atoms with Crippen LogP contribution in [-0.2, 0) is 28.8 Å². The summed E-state index contributed by atoms with van der Waals surface area (Å²) in [6, 6.07) is -5.79. The molecule has 0 rings (SSSR count). The summed E-state index contributed by atoms with van der Waals surface area (Å²) < 4.78 is 0. The van der Waals surface area contributed by atoms with Crippen molar-refractivity contribution in [3.05, 3.63) is 0 Å². The number of amides is 5. The number of aliphatic hydroxyl groups excluding tert-OH is 1. The second kappa shape index (κ2) is 15.8. The highest BCUT2D eigenvalue weighted by atomic mass is 16.4. The Bertz CT molecular complexity index is 816. The third kappa shape index (κ3) is 13.3. The number of guanidine groups is 1. The lowest BCUT2D eigenvalue weighted by atomic mass is 10.1. The number of hydrogen-bond acceptors (Lipinski definition) is 9. The van der Waals surface area contributed by atoms with Gasteiger partial charge in [-0.2, -0.15) is 0 Å². The van der Waals surface area contributed by atoms with E-state index < -0.39 is 72.7 Å². The molecule has 35 heavy (non-hydrogen) atoms. The van der Waals surface area contributed by atoms with Crippen LogP contribution < -0.4 is 44.6 Å². The third-order valence-corrected chi connectivity index (χ3v) is 4.45. The number of aliphatic hydroxyl groups is 1. The van der Waals surface area contributed by atoms with Gasteiger partial charge in [0.1, 0.15) is 18.1 Å². The fraction of sp³-hybridized carbons (Fsp3) is 0.611. The lowest BCUT2D eigenvalue weighted by Gasteiger charge is -2.24. The summed E-state index contributed by atoms with van der Waals surface area (Å²) in [5, 5.41) is 25.1. The highest BCUT2D eigenvalue weighted by Crippen LogP contribution is 2.02. The lowest BCUT2D eigenvalue weighted by Crippen LogP contribution is -2.58. The first-order valence-electron chi connectivity index (χ1n) is 10.4. The Morgan fingerprint density at radius 2 is 1.31 bits per heavy atom. The van der Waals surface area contributed by atoms with E-state index in [0.717, 1.165) is 0 Å². The van der Waals surface area contributed by atoms with Gasteiger partial charge in [-0.3, -0.25) is 29.0 Å². The van der Waals surface area contributed by atoms with E-state index in [0.29, 0.717) is 6.42 Å². The molecular weight excluding hydrogens is 470 g/mol. The standard InChI is InChI=1S/C18H33N9O8/c19-8(2-1-5-24-18(22)23)14(31)27-11(7-28)16(33)25-9(3-4-12(20)29)15(32)26-10(17(34)35)6-13(21)30/h8-11,28H,1-7,19H2,(H2,20,29)(H2,21,30)(H,25,33)(H,26,32)(H,27,31)(H,34,35)(H4,22,23,24). The molecule has 0 spiro atoms. The van der Waals surface area contributed by atoms with Crippen molar-refractivity contribution in [1.82, 2.24) is 16.0 Å². The number of hydrogen-bond donors (Lipinski definition) is 10. The second-order valence-corrected chi connectivity index (χ2v) is 7.44. The van der Waals surface area contributed by atoms with Crippen LogP contribution in [0.3, 0.4) is 0 Å². The summed E-state index contributed by atoms with van der Waals surface area (Å²) in [6.45, 7) is -0.654. The number of nitrogens with zero attached hydrogens (tertiary/aromatic N) is 1. The normalized spacial score (nSPS) is 13.9. The molecule has 17 nitrogen and oxygen atoms in total. The summed E-state index contributed by atoms with van der Waals surface area (Å²) in [7, 11) is 0. The van der Waals surface area contributed by atoms with E-state index in [4.69, 9.17) is 33.8 Å². The smallest absolute Gasteiger partial charge is 0.326 e. The Hall–Kier alpha value is -3.99. The van der Waals surface area contributed by atoms with Gasteiger partial charge in [0, 0.05) is 13.0 Å². The van der Waals surface area contributed by atoms with Gasteiger partial charge in [0.25, 0.3) is 0 Å². The molecule has 17 heteroatoms. The number of aliphatic imine (C=N–C) groups is 1. The van der Waals surface area contributed by atoms with Gasteiger partial charge in [-0.15, -0.1) is 0 Å². The number of aliphatic carboxylic acids is 1. The van der Waals surface area contributed by atoms with Crippen LogP contribution in [-0.4, -0.2) is 89.0 Å². The van der Waals surface area contributed by atoms with Crippen molar-refractivity contribution in [3.8, 4) is 0 Å². The average Bonchev–Trinajstić information content (AvgIpc) is 2.75. The summed E-state index contributed by atoms with van der Waals surface area (Å²) in [6.07, 6.45) is -0.931. The Balaban J connectivity index is 5.24. The molecule has 5 amide bonds. The zero-order valence-electron chi connectivity index (χ0n) is 18.9. The number of nitrogens with two attached hydrogens (primary N) is 5. The molecule has 4 unspecified atom stereocenters. The van der Waals surface area contributed by atoms with E-state index in [1.54, 1.807) is 0 Å². The van der Waals surface area contributed by atoms with Gasteiger partial charge < -0.3 is 54.8 Å². The SMILES string of the molecule is NC(=O)CCC(NC(=O)C(CO)NC(=O)C(N)CCCN=C(N)N)C(=O)NC(CC(N)=O)C(=O)O. The molecule has 0 bridgehead atoms. The molecule has 15 N–H and O–H groups in total. The molecule has 0 fully saturated rings. The number of rotatable bonds is 17. The Morgan fingerprint density at radius 1 is 0.771 bits per heavy atom. The van der Waals surface area contributed by atoms with Gasteiger partial charge >= 0.3 is 5.97 Å². The van der Waals surface area contributed by atoms with Crippen LogP contribution in [0.4, 0.5) is 0 Å². The zero-order chi connectivity index (χ0) is 27.1. The van der Waals surface area contributed by atoms with Crippen molar-refractivity contribution < 1.29 is 39.0 Å². The van der Waals surface area contributed by atoms with Gasteiger partial charge in [0.2, 0.25) is 29.5 Å². The predicted molar refractivity (Wildman–Crippen MR) is 121 cm³/mol. The van der Waals surface area contributed by atoms with Crippen LogP contribution in [0, 0.1) is 0 Å². The number of carboxylic acid groups (broad SMARTS) is 1. The van der Waals surface area contributed by atoms with E-state index >= 15 is 0 Å². The quantitative estimate of drug-likeness (QED) is 0.0505. The van der Waals surface area contributed by atoms with Gasteiger partial charge in [-0.1, -0.05) is 0 Å². The van der Waals surface area contributed by atoms with Crippen LogP contribution in [0.5, 0.6) is 0 Å². The van der Waals surface area contributed by atoms with Crippen molar-refractivity contribution in [2.24, 2.45) is 33.7 Å². The van der Waals surface area contributed by atoms with Gasteiger partial charge in [0.05, 0.1) is 19.1 Å². The molecule has 0 saturated carbocycles.